The standard InChI is InChI=1S/C28H47NO4/c1-7-8-9-10-11-12-16-19-23(30)21-25-24(20-22-17-14-13-15-18-22)29(28(5,6)32-25)26(31)33-27(2,3)4/h13-15,17-18,23-25,30H,7-12,16,19-21H2,1-6H3/t23-,24-,25-/m0/s1. The summed E-state index contributed by atoms with van der Waals surface area (Å²) in [5.74, 6) is 0. The number of hydrogen-bond acceptors (Lipinski definition) is 4. The Kier molecular flexibility index (Phi) is 10.7. The molecule has 0 unspecified atom stereocenters. The quantitative estimate of drug-likeness (QED) is 0.345. The Bertz CT molecular complexity index is 698. The van der Waals surface area contributed by atoms with E-state index < -0.39 is 17.4 Å². The predicted molar refractivity (Wildman–Crippen MR) is 134 cm³/mol. The number of benzene rings is 1. The Morgan fingerprint density at radius 2 is 1.70 bits per heavy atom. The molecule has 0 spiro atoms. The van der Waals surface area contributed by atoms with Crippen molar-refractivity contribution in [1.29, 1.82) is 0 Å². The number of amides is 1. The van der Waals surface area contributed by atoms with Gasteiger partial charge >= 0.3 is 6.09 Å². The highest BCUT2D eigenvalue weighted by Crippen LogP contribution is 2.37. The maximum atomic E-state index is 13.2. The fourth-order valence-electron chi connectivity index (χ4n) is 4.74. The molecule has 0 aliphatic carbocycles. The Morgan fingerprint density at radius 1 is 1.09 bits per heavy atom. The number of hydrogen-bond donors (Lipinski definition) is 1. The fraction of sp³-hybridized carbons (Fsp3) is 0.750. The van der Waals surface area contributed by atoms with E-state index in [4.69, 9.17) is 9.47 Å². The van der Waals surface area contributed by atoms with Crippen LogP contribution in [-0.4, -0.2) is 45.7 Å². The second kappa shape index (κ2) is 12.8. The Balaban J connectivity index is 2.04. The smallest absolute Gasteiger partial charge is 0.412 e. The van der Waals surface area contributed by atoms with Crippen molar-refractivity contribution in [3.63, 3.8) is 0 Å². The van der Waals surface area contributed by atoms with Gasteiger partial charge in [-0.15, -0.1) is 0 Å². The fourth-order valence-corrected chi connectivity index (χ4v) is 4.74. The normalized spacial score (nSPS) is 21.2. The zero-order chi connectivity index (χ0) is 24.5. The zero-order valence-corrected chi connectivity index (χ0v) is 21.8. The van der Waals surface area contributed by atoms with Gasteiger partial charge in [0.2, 0.25) is 0 Å². The maximum absolute atomic E-state index is 13.2. The summed E-state index contributed by atoms with van der Waals surface area (Å²) in [7, 11) is 0. The van der Waals surface area contributed by atoms with E-state index >= 15 is 0 Å². The molecular weight excluding hydrogens is 414 g/mol. The first-order chi connectivity index (χ1) is 15.5. The minimum Gasteiger partial charge on any atom is -0.444 e. The van der Waals surface area contributed by atoms with Gasteiger partial charge in [0.05, 0.1) is 18.2 Å². The van der Waals surface area contributed by atoms with Crippen LogP contribution in [0.4, 0.5) is 4.79 Å². The molecule has 1 heterocycles. The summed E-state index contributed by atoms with van der Waals surface area (Å²) < 4.78 is 12.1. The van der Waals surface area contributed by atoms with Gasteiger partial charge in [0.1, 0.15) is 11.3 Å². The van der Waals surface area contributed by atoms with E-state index in [9.17, 15) is 9.90 Å². The lowest BCUT2D eigenvalue weighted by molar-refractivity contribution is -0.0852. The molecule has 1 fully saturated rings. The molecule has 0 saturated carbocycles. The van der Waals surface area contributed by atoms with Crippen molar-refractivity contribution >= 4 is 6.09 Å². The van der Waals surface area contributed by atoms with Crippen LogP contribution < -0.4 is 0 Å². The molecular formula is C28H47NO4. The van der Waals surface area contributed by atoms with Gasteiger partial charge in [0.25, 0.3) is 0 Å². The van der Waals surface area contributed by atoms with E-state index in [1.165, 1.54) is 32.1 Å². The van der Waals surface area contributed by atoms with Crippen LogP contribution in [0.25, 0.3) is 0 Å². The molecule has 5 nitrogen and oxygen atoms in total. The van der Waals surface area contributed by atoms with Gasteiger partial charge in [-0.2, -0.15) is 0 Å². The highest BCUT2D eigenvalue weighted by Gasteiger charge is 2.51. The lowest BCUT2D eigenvalue weighted by Gasteiger charge is -2.35. The molecule has 1 saturated heterocycles. The SMILES string of the molecule is CCCCCCCCC[C@H](O)C[C@@H]1OC(C)(C)N(C(=O)OC(C)(C)C)[C@H]1Cc1ccccc1. The van der Waals surface area contributed by atoms with E-state index in [0.717, 1.165) is 24.8 Å². The van der Waals surface area contributed by atoms with Crippen LogP contribution in [0.3, 0.4) is 0 Å². The molecule has 1 amide bonds. The van der Waals surface area contributed by atoms with Crippen LogP contribution in [0.1, 0.15) is 105 Å². The summed E-state index contributed by atoms with van der Waals surface area (Å²) >= 11 is 0. The summed E-state index contributed by atoms with van der Waals surface area (Å²) in [5.41, 5.74) is -0.242. The van der Waals surface area contributed by atoms with Crippen LogP contribution in [-0.2, 0) is 15.9 Å². The largest absolute Gasteiger partial charge is 0.444 e. The van der Waals surface area contributed by atoms with Crippen LogP contribution in [0.15, 0.2) is 30.3 Å². The average molecular weight is 462 g/mol. The molecule has 1 aromatic carbocycles. The van der Waals surface area contributed by atoms with Crippen LogP contribution >= 0.6 is 0 Å². The molecule has 33 heavy (non-hydrogen) atoms. The molecule has 2 rings (SSSR count). The van der Waals surface area contributed by atoms with Gasteiger partial charge in [-0.1, -0.05) is 82.2 Å². The second-order valence-corrected chi connectivity index (χ2v) is 11.0. The van der Waals surface area contributed by atoms with Crippen LogP contribution in [0, 0.1) is 0 Å². The molecule has 188 valence electrons. The van der Waals surface area contributed by atoms with E-state index in [0.29, 0.717) is 12.8 Å². The van der Waals surface area contributed by atoms with E-state index in [2.05, 4.69) is 19.1 Å². The monoisotopic (exact) mass is 461 g/mol. The van der Waals surface area contributed by atoms with E-state index in [-0.39, 0.29) is 18.2 Å². The summed E-state index contributed by atoms with van der Waals surface area (Å²) in [4.78, 5) is 14.9. The van der Waals surface area contributed by atoms with Crippen molar-refractivity contribution < 1.29 is 19.4 Å². The van der Waals surface area contributed by atoms with Gasteiger partial charge in [0, 0.05) is 6.42 Å². The first-order valence-corrected chi connectivity index (χ1v) is 13.0. The first-order valence-electron chi connectivity index (χ1n) is 13.0. The van der Waals surface area contributed by atoms with Crippen LogP contribution in [0.2, 0.25) is 0 Å². The number of aliphatic hydroxyl groups is 1. The number of nitrogens with zero attached hydrogens (tertiary/aromatic N) is 1. The van der Waals surface area contributed by atoms with Gasteiger partial charge in [0.15, 0.2) is 0 Å². The third-order valence-electron chi connectivity index (χ3n) is 6.30. The summed E-state index contributed by atoms with van der Waals surface area (Å²) in [6.07, 6.45) is 9.53. The first kappa shape index (κ1) is 27.7. The third kappa shape index (κ3) is 9.29. The molecule has 1 N–H and O–H groups in total. The van der Waals surface area contributed by atoms with Gasteiger partial charge in [-0.25, -0.2) is 4.79 Å². The minimum absolute atomic E-state index is 0.194. The van der Waals surface area contributed by atoms with Crippen molar-refractivity contribution in [3.05, 3.63) is 35.9 Å². The Morgan fingerprint density at radius 3 is 2.30 bits per heavy atom. The molecule has 1 aromatic rings. The summed E-state index contributed by atoms with van der Waals surface area (Å²) in [5, 5.41) is 10.8. The molecule has 1 aliphatic rings. The highest BCUT2D eigenvalue weighted by molar-refractivity contribution is 5.70. The third-order valence-corrected chi connectivity index (χ3v) is 6.30. The van der Waals surface area contributed by atoms with E-state index in [1.54, 1.807) is 4.90 Å². The predicted octanol–water partition coefficient (Wildman–Crippen LogP) is 6.86. The number of carbonyl (C=O) groups excluding carboxylic acids is 1. The number of aliphatic hydroxyl groups excluding tert-OH is 1. The van der Waals surface area contributed by atoms with Crippen molar-refractivity contribution in [1.82, 2.24) is 4.90 Å². The number of carbonyl (C=O) groups is 1. The number of unbranched alkanes of at least 4 members (excludes halogenated alkanes) is 6. The van der Waals surface area contributed by atoms with Gasteiger partial charge in [-0.05, 0) is 53.0 Å². The molecule has 0 aromatic heterocycles. The summed E-state index contributed by atoms with van der Waals surface area (Å²) in [6, 6.07) is 9.97. The van der Waals surface area contributed by atoms with E-state index in [1.807, 2.05) is 52.8 Å². The minimum atomic E-state index is -0.800. The van der Waals surface area contributed by atoms with Crippen molar-refractivity contribution in [3.8, 4) is 0 Å². The Hall–Kier alpha value is -1.59. The highest BCUT2D eigenvalue weighted by atomic mass is 16.6. The van der Waals surface area contributed by atoms with Crippen LogP contribution in [0.5, 0.6) is 0 Å². The molecule has 1 aliphatic heterocycles. The van der Waals surface area contributed by atoms with Crippen molar-refractivity contribution in [2.24, 2.45) is 0 Å². The number of rotatable bonds is 12. The average Bonchev–Trinajstić information content (AvgIpc) is 2.95. The maximum Gasteiger partial charge on any atom is 0.412 e. The van der Waals surface area contributed by atoms with Crippen molar-refractivity contribution in [2.75, 3.05) is 0 Å². The topological polar surface area (TPSA) is 59.0 Å². The second-order valence-electron chi connectivity index (χ2n) is 11.0. The van der Waals surface area contributed by atoms with Gasteiger partial charge < -0.3 is 14.6 Å². The van der Waals surface area contributed by atoms with Gasteiger partial charge in [-0.3, -0.25) is 4.90 Å². The van der Waals surface area contributed by atoms with Crippen molar-refractivity contribution in [2.45, 2.75) is 135 Å². The number of ether oxygens (including phenoxy) is 2. The zero-order valence-electron chi connectivity index (χ0n) is 21.8. The molecule has 3 atom stereocenters. The molecule has 5 heteroatoms. The lowest BCUT2D eigenvalue weighted by Crippen LogP contribution is -2.51. The lowest BCUT2D eigenvalue weighted by atomic mass is 9.95. The molecule has 0 bridgehead atoms. The Labute approximate surface area is 201 Å². The molecule has 0 radical (unpaired) electrons. The summed E-state index contributed by atoms with van der Waals surface area (Å²) in [6.45, 7) is 11.7.